The molecule has 0 aromatic heterocycles. The van der Waals surface area contributed by atoms with Crippen molar-refractivity contribution in [3.8, 4) is 11.5 Å². The SMILES string of the molecule is Cl.N[C@@H](CC(=O)[O-])c1ccc2c(c1)OCO2. The van der Waals surface area contributed by atoms with Crippen molar-refractivity contribution in [1.82, 2.24) is 0 Å². The highest BCUT2D eigenvalue weighted by molar-refractivity contribution is 5.85. The monoisotopic (exact) mass is 244 g/mol. The molecule has 0 amide bonds. The molecule has 2 rings (SSSR count). The quantitative estimate of drug-likeness (QED) is 0.808. The number of aliphatic carboxylic acids is 1. The highest BCUT2D eigenvalue weighted by atomic mass is 35.5. The molecule has 88 valence electrons. The number of carbonyl (C=O) groups excluding carboxylic acids is 1. The summed E-state index contributed by atoms with van der Waals surface area (Å²) in [5.74, 6) is 0.0841. The minimum absolute atomic E-state index is 0. The molecule has 0 fully saturated rings. The molecule has 1 aliphatic heterocycles. The lowest BCUT2D eigenvalue weighted by Crippen LogP contribution is -2.27. The number of nitrogens with two attached hydrogens (primary N) is 1. The number of carboxylic acid groups (broad SMARTS) is 1. The van der Waals surface area contributed by atoms with Gasteiger partial charge in [-0.05, 0) is 17.7 Å². The predicted octanol–water partition coefficient (Wildman–Crippen LogP) is -0.0231. The number of benzene rings is 1. The van der Waals surface area contributed by atoms with E-state index in [2.05, 4.69) is 0 Å². The van der Waals surface area contributed by atoms with Gasteiger partial charge in [-0.15, -0.1) is 12.4 Å². The summed E-state index contributed by atoms with van der Waals surface area (Å²) in [6.07, 6.45) is -0.209. The third-order valence-electron chi connectivity index (χ3n) is 2.21. The van der Waals surface area contributed by atoms with Crippen LogP contribution in [0.3, 0.4) is 0 Å². The molecular formula is C10H11ClNO4-. The van der Waals surface area contributed by atoms with Gasteiger partial charge in [0.25, 0.3) is 0 Å². The molecule has 0 saturated carbocycles. The van der Waals surface area contributed by atoms with Crippen LogP contribution in [0.1, 0.15) is 18.0 Å². The van der Waals surface area contributed by atoms with Gasteiger partial charge in [0, 0.05) is 18.4 Å². The Kier molecular flexibility index (Phi) is 3.98. The average Bonchev–Trinajstić information content (AvgIpc) is 2.62. The molecule has 0 bridgehead atoms. The minimum Gasteiger partial charge on any atom is -0.550 e. The van der Waals surface area contributed by atoms with Crippen molar-refractivity contribution >= 4 is 18.4 Å². The number of rotatable bonds is 3. The Morgan fingerprint density at radius 1 is 1.44 bits per heavy atom. The first-order chi connectivity index (χ1) is 7.16. The number of halogens is 1. The Morgan fingerprint density at radius 2 is 2.12 bits per heavy atom. The third-order valence-corrected chi connectivity index (χ3v) is 2.21. The summed E-state index contributed by atoms with van der Waals surface area (Å²) < 4.78 is 10.3. The van der Waals surface area contributed by atoms with E-state index in [9.17, 15) is 9.90 Å². The van der Waals surface area contributed by atoms with Crippen LogP contribution in [-0.4, -0.2) is 12.8 Å². The number of carboxylic acids is 1. The maximum Gasteiger partial charge on any atom is 0.231 e. The fourth-order valence-corrected chi connectivity index (χ4v) is 1.44. The molecular weight excluding hydrogens is 234 g/mol. The van der Waals surface area contributed by atoms with Gasteiger partial charge in [-0.2, -0.15) is 0 Å². The van der Waals surface area contributed by atoms with Gasteiger partial charge in [0.2, 0.25) is 6.79 Å². The van der Waals surface area contributed by atoms with E-state index in [1.165, 1.54) is 0 Å². The van der Waals surface area contributed by atoms with Crippen LogP contribution in [0.25, 0.3) is 0 Å². The summed E-state index contributed by atoms with van der Waals surface area (Å²) in [7, 11) is 0. The molecule has 0 spiro atoms. The van der Waals surface area contributed by atoms with Gasteiger partial charge >= 0.3 is 0 Å². The second-order valence-electron chi connectivity index (χ2n) is 3.30. The van der Waals surface area contributed by atoms with E-state index in [1.54, 1.807) is 18.2 Å². The normalized spacial score (nSPS) is 14.1. The molecule has 1 heterocycles. The van der Waals surface area contributed by atoms with E-state index < -0.39 is 12.0 Å². The van der Waals surface area contributed by atoms with Crippen LogP contribution in [0.5, 0.6) is 11.5 Å². The Hall–Kier alpha value is -1.46. The van der Waals surface area contributed by atoms with E-state index >= 15 is 0 Å². The molecule has 2 N–H and O–H groups in total. The van der Waals surface area contributed by atoms with Gasteiger partial charge in [0.1, 0.15) is 0 Å². The van der Waals surface area contributed by atoms with Gasteiger partial charge in [0.05, 0.1) is 0 Å². The summed E-state index contributed by atoms with van der Waals surface area (Å²) in [5.41, 5.74) is 6.37. The van der Waals surface area contributed by atoms with Crippen molar-refractivity contribution in [2.45, 2.75) is 12.5 Å². The molecule has 0 saturated heterocycles. The standard InChI is InChI=1S/C10H11NO4.ClH/c11-7(4-10(12)13)6-1-2-8-9(3-6)15-5-14-8;/h1-3,7H,4-5,11H2,(H,12,13);1H/p-1/t7-;/m0./s1. The summed E-state index contributed by atoms with van der Waals surface area (Å²) in [4.78, 5) is 10.4. The van der Waals surface area contributed by atoms with Gasteiger partial charge in [-0.1, -0.05) is 6.07 Å². The van der Waals surface area contributed by atoms with E-state index in [0.29, 0.717) is 17.1 Å². The van der Waals surface area contributed by atoms with Crippen molar-refractivity contribution in [2.24, 2.45) is 5.73 Å². The lowest BCUT2D eigenvalue weighted by molar-refractivity contribution is -0.306. The Morgan fingerprint density at radius 3 is 2.81 bits per heavy atom. The van der Waals surface area contributed by atoms with E-state index in [-0.39, 0.29) is 25.6 Å². The molecule has 0 unspecified atom stereocenters. The number of fused-ring (bicyclic) bond motifs is 1. The molecule has 1 aromatic carbocycles. The molecule has 5 nitrogen and oxygen atoms in total. The summed E-state index contributed by atoms with van der Waals surface area (Å²) >= 11 is 0. The molecule has 1 aliphatic rings. The lowest BCUT2D eigenvalue weighted by atomic mass is 10.0. The maximum atomic E-state index is 10.4. The highest BCUT2D eigenvalue weighted by Crippen LogP contribution is 2.34. The number of hydrogen-bond acceptors (Lipinski definition) is 5. The van der Waals surface area contributed by atoms with E-state index in [4.69, 9.17) is 15.2 Å². The fraction of sp³-hybridized carbons (Fsp3) is 0.300. The first-order valence-corrected chi connectivity index (χ1v) is 4.52. The lowest BCUT2D eigenvalue weighted by Gasteiger charge is -2.12. The van der Waals surface area contributed by atoms with Crippen LogP contribution in [0.4, 0.5) is 0 Å². The van der Waals surface area contributed by atoms with Crippen molar-refractivity contribution in [1.29, 1.82) is 0 Å². The summed E-state index contributed by atoms with van der Waals surface area (Å²) in [6.45, 7) is 0.189. The first-order valence-electron chi connectivity index (χ1n) is 4.52. The zero-order chi connectivity index (χ0) is 10.8. The number of hydrogen-bond donors (Lipinski definition) is 1. The number of carbonyl (C=O) groups is 1. The van der Waals surface area contributed by atoms with Crippen molar-refractivity contribution in [3.63, 3.8) is 0 Å². The predicted molar refractivity (Wildman–Crippen MR) is 56.4 cm³/mol. The number of ether oxygens (including phenoxy) is 2. The summed E-state index contributed by atoms with van der Waals surface area (Å²) in [5, 5.41) is 10.4. The van der Waals surface area contributed by atoms with Crippen LogP contribution in [0, 0.1) is 0 Å². The van der Waals surface area contributed by atoms with Crippen LogP contribution in [-0.2, 0) is 4.79 Å². The topological polar surface area (TPSA) is 84.6 Å². The van der Waals surface area contributed by atoms with Crippen LogP contribution < -0.4 is 20.3 Å². The maximum absolute atomic E-state index is 10.4. The Labute approximate surface area is 98.6 Å². The smallest absolute Gasteiger partial charge is 0.231 e. The Bertz CT molecular complexity index is 396. The molecule has 1 aromatic rings. The average molecular weight is 245 g/mol. The van der Waals surface area contributed by atoms with Crippen LogP contribution in [0.2, 0.25) is 0 Å². The third kappa shape index (κ3) is 2.56. The molecule has 16 heavy (non-hydrogen) atoms. The van der Waals surface area contributed by atoms with Gasteiger partial charge in [0.15, 0.2) is 11.5 Å². The van der Waals surface area contributed by atoms with E-state index in [0.717, 1.165) is 0 Å². The van der Waals surface area contributed by atoms with E-state index in [1.807, 2.05) is 0 Å². The van der Waals surface area contributed by atoms with Crippen molar-refractivity contribution < 1.29 is 19.4 Å². The first kappa shape index (κ1) is 12.6. The van der Waals surface area contributed by atoms with Crippen molar-refractivity contribution in [3.05, 3.63) is 23.8 Å². The largest absolute Gasteiger partial charge is 0.550 e. The molecule has 0 aliphatic carbocycles. The molecule has 0 radical (unpaired) electrons. The van der Waals surface area contributed by atoms with Crippen LogP contribution >= 0.6 is 12.4 Å². The molecule has 6 heteroatoms. The second kappa shape index (κ2) is 5.05. The van der Waals surface area contributed by atoms with Crippen LogP contribution in [0.15, 0.2) is 18.2 Å². The van der Waals surface area contributed by atoms with Gasteiger partial charge in [-0.3, -0.25) is 0 Å². The zero-order valence-electron chi connectivity index (χ0n) is 8.34. The zero-order valence-corrected chi connectivity index (χ0v) is 9.16. The highest BCUT2D eigenvalue weighted by Gasteiger charge is 2.15. The Balaban J connectivity index is 0.00000128. The molecule has 1 atom stereocenters. The van der Waals surface area contributed by atoms with Crippen molar-refractivity contribution in [2.75, 3.05) is 6.79 Å². The van der Waals surface area contributed by atoms with Gasteiger partial charge in [-0.25, -0.2) is 0 Å². The van der Waals surface area contributed by atoms with Gasteiger partial charge < -0.3 is 25.1 Å². The summed E-state index contributed by atoms with van der Waals surface area (Å²) in [6, 6.07) is 4.55. The fourth-order valence-electron chi connectivity index (χ4n) is 1.44. The minimum atomic E-state index is -1.17. The second-order valence-corrected chi connectivity index (χ2v) is 3.30.